The number of likely N-dealkylation sites (tertiary alicyclic amines) is 1. The van der Waals surface area contributed by atoms with Crippen molar-refractivity contribution < 1.29 is 4.79 Å². The van der Waals surface area contributed by atoms with Gasteiger partial charge in [0.1, 0.15) is 0 Å². The first-order valence-electron chi connectivity index (χ1n) is 9.62. The number of benzene rings is 1. The van der Waals surface area contributed by atoms with E-state index in [0.29, 0.717) is 12.3 Å². The lowest BCUT2D eigenvalue weighted by Crippen LogP contribution is -2.50. The van der Waals surface area contributed by atoms with Gasteiger partial charge in [-0.1, -0.05) is 12.1 Å². The number of aryl methyl sites for hydroxylation is 1. The van der Waals surface area contributed by atoms with E-state index in [-0.39, 0.29) is 12.1 Å². The summed E-state index contributed by atoms with van der Waals surface area (Å²) in [4.78, 5) is 19.4. The number of hydrogen-bond acceptors (Lipinski definition) is 4. The van der Waals surface area contributed by atoms with Crippen LogP contribution in [0, 0.1) is 6.92 Å². The monoisotopic (exact) mass is 344 g/mol. The zero-order valence-corrected chi connectivity index (χ0v) is 15.7. The van der Waals surface area contributed by atoms with Crippen LogP contribution >= 0.6 is 0 Å². The van der Waals surface area contributed by atoms with E-state index in [4.69, 9.17) is 5.73 Å². The number of nitrogens with two attached hydrogens (primary N) is 1. The molecule has 3 rings (SSSR count). The second-order valence-electron chi connectivity index (χ2n) is 7.64. The van der Waals surface area contributed by atoms with E-state index in [2.05, 4.69) is 47.9 Å². The number of nitrogens with zero attached hydrogens (tertiary/aromatic N) is 3. The van der Waals surface area contributed by atoms with Gasteiger partial charge in [-0.05, 0) is 44.4 Å². The lowest BCUT2D eigenvalue weighted by Gasteiger charge is -2.38. The molecular formula is C20H32N4O. The van der Waals surface area contributed by atoms with E-state index < -0.39 is 0 Å². The summed E-state index contributed by atoms with van der Waals surface area (Å²) >= 11 is 0. The van der Waals surface area contributed by atoms with Crippen LogP contribution in [0.1, 0.15) is 31.7 Å². The molecule has 0 bridgehead atoms. The fraction of sp³-hybridized carbons (Fsp3) is 0.650. The first kappa shape index (κ1) is 18.2. The van der Waals surface area contributed by atoms with Gasteiger partial charge in [0.15, 0.2) is 0 Å². The summed E-state index contributed by atoms with van der Waals surface area (Å²) in [5.41, 5.74) is 8.62. The molecule has 0 spiro atoms. The molecule has 25 heavy (non-hydrogen) atoms. The minimum Gasteiger partial charge on any atom is -0.369 e. The summed E-state index contributed by atoms with van der Waals surface area (Å²) in [6.07, 6.45) is 2.50. The molecule has 1 amide bonds. The van der Waals surface area contributed by atoms with Crippen molar-refractivity contribution in [1.29, 1.82) is 0 Å². The van der Waals surface area contributed by atoms with E-state index >= 15 is 0 Å². The molecule has 2 heterocycles. The molecule has 5 heteroatoms. The van der Waals surface area contributed by atoms with E-state index in [0.717, 1.165) is 52.1 Å². The van der Waals surface area contributed by atoms with Gasteiger partial charge in [-0.15, -0.1) is 0 Å². The Labute approximate surface area is 151 Å². The van der Waals surface area contributed by atoms with Gasteiger partial charge in [0.05, 0.1) is 0 Å². The van der Waals surface area contributed by atoms with Crippen molar-refractivity contribution in [3.63, 3.8) is 0 Å². The molecule has 2 aliphatic rings. The minimum absolute atomic E-state index is 0.258. The normalized spacial score (nSPS) is 25.2. The average Bonchev–Trinajstić information content (AvgIpc) is 2.60. The van der Waals surface area contributed by atoms with Crippen molar-refractivity contribution in [2.45, 2.75) is 45.2 Å². The Morgan fingerprint density at radius 3 is 2.64 bits per heavy atom. The van der Waals surface area contributed by atoms with Crippen LogP contribution in [0.15, 0.2) is 24.3 Å². The molecule has 2 fully saturated rings. The lowest BCUT2D eigenvalue weighted by atomic mass is 9.99. The largest absolute Gasteiger partial charge is 0.369 e. The van der Waals surface area contributed by atoms with Crippen LogP contribution < -0.4 is 10.6 Å². The first-order valence-corrected chi connectivity index (χ1v) is 9.62. The number of piperidine rings is 1. The number of rotatable bonds is 4. The van der Waals surface area contributed by atoms with Crippen LogP contribution in [0.2, 0.25) is 0 Å². The predicted molar refractivity (Wildman–Crippen MR) is 103 cm³/mol. The number of amides is 1. The van der Waals surface area contributed by atoms with Gasteiger partial charge >= 0.3 is 0 Å². The van der Waals surface area contributed by atoms with Crippen LogP contribution in [0.3, 0.4) is 0 Å². The second-order valence-corrected chi connectivity index (χ2v) is 7.64. The highest BCUT2D eigenvalue weighted by molar-refractivity contribution is 5.76. The molecule has 0 aromatic heterocycles. The van der Waals surface area contributed by atoms with Crippen molar-refractivity contribution in [1.82, 2.24) is 9.80 Å². The number of piperazine rings is 1. The molecule has 5 nitrogen and oxygen atoms in total. The molecule has 1 aromatic carbocycles. The van der Waals surface area contributed by atoms with E-state index in [1.54, 1.807) is 0 Å². The minimum atomic E-state index is 0.258. The molecule has 1 aromatic rings. The SMILES string of the molecule is Cc1cccc(N2CCN(CCC(=O)N3CC[C@@H](N)C[C@@H]3C)CC2)c1. The maximum absolute atomic E-state index is 12.5. The fourth-order valence-electron chi connectivity index (χ4n) is 4.03. The lowest BCUT2D eigenvalue weighted by molar-refractivity contribution is -0.135. The quantitative estimate of drug-likeness (QED) is 0.906. The Morgan fingerprint density at radius 1 is 1.20 bits per heavy atom. The highest BCUT2D eigenvalue weighted by Crippen LogP contribution is 2.19. The van der Waals surface area contributed by atoms with Gasteiger partial charge in [0.25, 0.3) is 0 Å². The van der Waals surface area contributed by atoms with Crippen LogP contribution in [0.4, 0.5) is 5.69 Å². The maximum atomic E-state index is 12.5. The third-order valence-corrected chi connectivity index (χ3v) is 5.62. The molecular weight excluding hydrogens is 312 g/mol. The summed E-state index contributed by atoms with van der Waals surface area (Å²) in [5.74, 6) is 0.292. The van der Waals surface area contributed by atoms with E-state index in [1.807, 2.05) is 4.90 Å². The number of anilines is 1. The van der Waals surface area contributed by atoms with Crippen molar-refractivity contribution in [2.24, 2.45) is 5.73 Å². The highest BCUT2D eigenvalue weighted by Gasteiger charge is 2.27. The summed E-state index contributed by atoms with van der Waals surface area (Å²) in [6, 6.07) is 9.25. The molecule has 2 N–H and O–H groups in total. The van der Waals surface area contributed by atoms with Gasteiger partial charge in [-0.25, -0.2) is 0 Å². The summed E-state index contributed by atoms with van der Waals surface area (Å²) in [7, 11) is 0. The molecule has 0 radical (unpaired) electrons. The van der Waals surface area contributed by atoms with Crippen LogP contribution in [-0.2, 0) is 4.79 Å². The Hall–Kier alpha value is -1.59. The fourth-order valence-corrected chi connectivity index (χ4v) is 4.03. The standard InChI is InChI=1S/C20H32N4O/c1-16-4-3-5-19(14-16)23-12-10-22(11-13-23)8-7-20(25)24-9-6-18(21)15-17(24)2/h3-5,14,17-18H,6-13,15,21H2,1-2H3/t17-,18+/m0/s1. The molecule has 2 aliphatic heterocycles. The van der Waals surface area contributed by atoms with Gasteiger partial charge in [-0.3, -0.25) is 9.69 Å². The number of carbonyl (C=O) groups excluding carboxylic acids is 1. The Morgan fingerprint density at radius 2 is 1.96 bits per heavy atom. The third-order valence-electron chi connectivity index (χ3n) is 5.62. The van der Waals surface area contributed by atoms with Gasteiger partial charge in [0.2, 0.25) is 5.91 Å². The molecule has 138 valence electrons. The topological polar surface area (TPSA) is 52.8 Å². The first-order chi connectivity index (χ1) is 12.0. The Balaban J connectivity index is 1.42. The molecule has 2 saturated heterocycles. The molecule has 2 atom stereocenters. The zero-order valence-electron chi connectivity index (χ0n) is 15.7. The molecule has 0 unspecified atom stereocenters. The van der Waals surface area contributed by atoms with Crippen molar-refractivity contribution in [2.75, 3.05) is 44.2 Å². The van der Waals surface area contributed by atoms with Gasteiger partial charge < -0.3 is 15.5 Å². The van der Waals surface area contributed by atoms with Crippen LogP contribution in [0.5, 0.6) is 0 Å². The average molecular weight is 345 g/mol. The highest BCUT2D eigenvalue weighted by atomic mass is 16.2. The van der Waals surface area contributed by atoms with Gasteiger partial charge in [-0.2, -0.15) is 0 Å². The van der Waals surface area contributed by atoms with Gasteiger partial charge in [0, 0.05) is 63.5 Å². The smallest absolute Gasteiger partial charge is 0.224 e. The van der Waals surface area contributed by atoms with Crippen molar-refractivity contribution in [3.05, 3.63) is 29.8 Å². The van der Waals surface area contributed by atoms with Crippen LogP contribution in [0.25, 0.3) is 0 Å². The predicted octanol–water partition coefficient (Wildman–Crippen LogP) is 1.85. The van der Waals surface area contributed by atoms with Crippen molar-refractivity contribution in [3.8, 4) is 0 Å². The van der Waals surface area contributed by atoms with Crippen LogP contribution in [-0.4, -0.2) is 67.1 Å². The second kappa shape index (κ2) is 8.19. The maximum Gasteiger partial charge on any atom is 0.224 e. The summed E-state index contributed by atoms with van der Waals surface area (Å²) in [6.45, 7) is 10.1. The zero-order chi connectivity index (χ0) is 17.8. The summed E-state index contributed by atoms with van der Waals surface area (Å²) < 4.78 is 0. The Kier molecular flexibility index (Phi) is 5.97. The Bertz CT molecular complexity index is 583. The van der Waals surface area contributed by atoms with Crippen molar-refractivity contribution >= 4 is 11.6 Å². The number of carbonyl (C=O) groups is 1. The van der Waals surface area contributed by atoms with E-state index in [9.17, 15) is 4.79 Å². The molecule has 0 saturated carbocycles. The summed E-state index contributed by atoms with van der Waals surface area (Å²) in [5, 5.41) is 0. The third kappa shape index (κ3) is 4.73. The van der Waals surface area contributed by atoms with E-state index in [1.165, 1.54) is 11.3 Å². The molecule has 0 aliphatic carbocycles. The number of hydrogen-bond donors (Lipinski definition) is 1.